The third kappa shape index (κ3) is 3.21. The lowest BCUT2D eigenvalue weighted by Crippen LogP contribution is -2.09. The Kier molecular flexibility index (Phi) is 5.04. The zero-order valence-electron chi connectivity index (χ0n) is 12.7. The van der Waals surface area contributed by atoms with E-state index >= 15 is 0 Å². The molecule has 0 aliphatic heterocycles. The molecule has 2 rings (SSSR count). The molecule has 0 spiro atoms. The lowest BCUT2D eigenvalue weighted by atomic mass is 9.97. The molecular formula is C16H19N3O3. The van der Waals surface area contributed by atoms with Crippen molar-refractivity contribution in [1.82, 2.24) is 15.0 Å². The van der Waals surface area contributed by atoms with Gasteiger partial charge >= 0.3 is 5.97 Å². The number of carboxylic acid groups (broad SMARTS) is 1. The highest BCUT2D eigenvalue weighted by molar-refractivity contribution is 5.74. The molecule has 2 aromatic rings. The highest BCUT2D eigenvalue weighted by Crippen LogP contribution is 2.26. The van der Waals surface area contributed by atoms with Crippen molar-refractivity contribution in [3.05, 3.63) is 41.2 Å². The van der Waals surface area contributed by atoms with Crippen molar-refractivity contribution in [2.45, 2.75) is 39.0 Å². The normalized spacial score (nSPS) is 10.9. The minimum absolute atomic E-state index is 0.0172. The molecule has 6 heteroatoms. The van der Waals surface area contributed by atoms with Gasteiger partial charge in [0.15, 0.2) is 6.29 Å². The molecular weight excluding hydrogens is 282 g/mol. The van der Waals surface area contributed by atoms with Gasteiger partial charge in [-0.25, -0.2) is 4.68 Å². The molecule has 116 valence electrons. The quantitative estimate of drug-likeness (QED) is 0.794. The van der Waals surface area contributed by atoms with Crippen molar-refractivity contribution in [2.75, 3.05) is 0 Å². The van der Waals surface area contributed by atoms with Crippen molar-refractivity contribution in [1.29, 1.82) is 0 Å². The third-order valence-electron chi connectivity index (χ3n) is 3.75. The fourth-order valence-corrected chi connectivity index (χ4v) is 2.56. The minimum atomic E-state index is -0.866. The summed E-state index contributed by atoms with van der Waals surface area (Å²) in [4.78, 5) is 21.9. The molecule has 0 aliphatic rings. The van der Waals surface area contributed by atoms with Crippen LogP contribution < -0.4 is 0 Å². The van der Waals surface area contributed by atoms with Gasteiger partial charge in [-0.1, -0.05) is 31.2 Å². The summed E-state index contributed by atoms with van der Waals surface area (Å²) in [7, 11) is 0. The number of hydrogen-bond acceptors (Lipinski definition) is 4. The van der Waals surface area contributed by atoms with Crippen LogP contribution in [0.3, 0.4) is 0 Å². The van der Waals surface area contributed by atoms with Crippen LogP contribution in [-0.2, 0) is 11.2 Å². The van der Waals surface area contributed by atoms with E-state index in [4.69, 9.17) is 5.11 Å². The molecule has 0 radical (unpaired) electrons. The fraction of sp³-hybridized carbons (Fsp3) is 0.375. The van der Waals surface area contributed by atoms with E-state index in [1.807, 2.05) is 0 Å². The number of benzene rings is 1. The summed E-state index contributed by atoms with van der Waals surface area (Å²) in [5.41, 5.74) is 2.67. The predicted molar refractivity (Wildman–Crippen MR) is 81.4 cm³/mol. The smallest absolute Gasteiger partial charge is 0.307 e. The zero-order valence-corrected chi connectivity index (χ0v) is 12.7. The van der Waals surface area contributed by atoms with Gasteiger partial charge in [0.05, 0.1) is 17.8 Å². The second kappa shape index (κ2) is 6.98. The van der Waals surface area contributed by atoms with Gasteiger partial charge in [-0.3, -0.25) is 9.59 Å². The number of hydrogen-bond donors (Lipinski definition) is 1. The van der Waals surface area contributed by atoms with Crippen LogP contribution >= 0.6 is 0 Å². The molecule has 6 nitrogen and oxygen atoms in total. The molecule has 0 bridgehead atoms. The Hall–Kier alpha value is -2.50. The molecule has 0 unspecified atom stereocenters. The SMILES string of the molecule is CCC(CC)c1c(C=O)nnn1-c1ccc(CC(=O)O)cc1. The predicted octanol–water partition coefficient (Wildman–Crippen LogP) is 2.61. The number of nitrogens with zero attached hydrogens (tertiary/aromatic N) is 3. The van der Waals surface area contributed by atoms with Crippen LogP contribution in [0.4, 0.5) is 0 Å². The standard InChI is InChI=1S/C16H19N3O3/c1-3-12(4-2)16-14(10-20)17-18-19(16)13-7-5-11(6-8-13)9-15(21)22/h5-8,10,12H,3-4,9H2,1-2H3,(H,21,22). The number of aromatic nitrogens is 3. The summed E-state index contributed by atoms with van der Waals surface area (Å²) >= 11 is 0. The average Bonchev–Trinajstić information content (AvgIpc) is 2.93. The van der Waals surface area contributed by atoms with Crippen molar-refractivity contribution < 1.29 is 14.7 Å². The van der Waals surface area contributed by atoms with Crippen LogP contribution in [-0.4, -0.2) is 32.4 Å². The summed E-state index contributed by atoms with van der Waals surface area (Å²) in [5.74, 6) is -0.664. The highest BCUT2D eigenvalue weighted by atomic mass is 16.4. The second-order valence-corrected chi connectivity index (χ2v) is 5.14. The van der Waals surface area contributed by atoms with E-state index in [1.54, 1.807) is 28.9 Å². The summed E-state index contributed by atoms with van der Waals surface area (Å²) < 4.78 is 1.67. The number of aliphatic carboxylic acids is 1. The molecule has 0 amide bonds. The molecule has 22 heavy (non-hydrogen) atoms. The molecule has 0 fully saturated rings. The summed E-state index contributed by atoms with van der Waals surface area (Å²) in [6.45, 7) is 4.13. The van der Waals surface area contributed by atoms with Crippen LogP contribution in [0.15, 0.2) is 24.3 Å². The van der Waals surface area contributed by atoms with Gasteiger partial charge in [-0.05, 0) is 30.5 Å². The Morgan fingerprint density at radius 3 is 2.41 bits per heavy atom. The van der Waals surface area contributed by atoms with Gasteiger partial charge < -0.3 is 5.11 Å². The number of rotatable bonds is 7. The topological polar surface area (TPSA) is 85.1 Å². The van der Waals surface area contributed by atoms with Gasteiger partial charge in [0.1, 0.15) is 5.69 Å². The van der Waals surface area contributed by atoms with Crippen LogP contribution in [0.1, 0.15) is 54.4 Å². The first-order valence-corrected chi connectivity index (χ1v) is 7.32. The lowest BCUT2D eigenvalue weighted by Gasteiger charge is -2.15. The molecule has 1 aromatic heterocycles. The second-order valence-electron chi connectivity index (χ2n) is 5.14. The fourth-order valence-electron chi connectivity index (χ4n) is 2.56. The first kappa shape index (κ1) is 15.9. The van der Waals surface area contributed by atoms with Crippen LogP contribution in [0.25, 0.3) is 5.69 Å². The maximum absolute atomic E-state index is 11.2. The van der Waals surface area contributed by atoms with Crippen molar-refractivity contribution >= 4 is 12.3 Å². The monoisotopic (exact) mass is 301 g/mol. The van der Waals surface area contributed by atoms with Crippen molar-refractivity contribution in [3.63, 3.8) is 0 Å². The highest BCUT2D eigenvalue weighted by Gasteiger charge is 2.20. The van der Waals surface area contributed by atoms with Gasteiger partial charge in [-0.2, -0.15) is 0 Å². The summed E-state index contributed by atoms with van der Waals surface area (Å²) in [5, 5.41) is 16.8. The van der Waals surface area contributed by atoms with E-state index in [1.165, 1.54) is 0 Å². The number of carboxylic acids is 1. The van der Waals surface area contributed by atoms with E-state index in [0.29, 0.717) is 5.69 Å². The van der Waals surface area contributed by atoms with Crippen LogP contribution in [0.2, 0.25) is 0 Å². The maximum Gasteiger partial charge on any atom is 0.307 e. The van der Waals surface area contributed by atoms with E-state index in [9.17, 15) is 9.59 Å². The molecule has 0 saturated carbocycles. The maximum atomic E-state index is 11.2. The molecule has 0 atom stereocenters. The van der Waals surface area contributed by atoms with E-state index in [2.05, 4.69) is 24.2 Å². The zero-order chi connectivity index (χ0) is 16.1. The number of aldehydes is 1. The molecule has 0 aliphatic carbocycles. The van der Waals surface area contributed by atoms with E-state index in [0.717, 1.165) is 36.1 Å². The van der Waals surface area contributed by atoms with Gasteiger partial charge in [0, 0.05) is 5.92 Å². The minimum Gasteiger partial charge on any atom is -0.481 e. The van der Waals surface area contributed by atoms with Crippen molar-refractivity contribution in [3.8, 4) is 5.69 Å². The van der Waals surface area contributed by atoms with Crippen molar-refractivity contribution in [2.24, 2.45) is 0 Å². The number of carbonyl (C=O) groups is 2. The van der Waals surface area contributed by atoms with Gasteiger partial charge in [0.25, 0.3) is 0 Å². The Balaban J connectivity index is 2.42. The average molecular weight is 301 g/mol. The summed E-state index contributed by atoms with van der Waals surface area (Å²) in [6.07, 6.45) is 2.50. The molecule has 1 heterocycles. The lowest BCUT2D eigenvalue weighted by molar-refractivity contribution is -0.136. The van der Waals surface area contributed by atoms with Crippen LogP contribution in [0, 0.1) is 0 Å². The largest absolute Gasteiger partial charge is 0.481 e. The summed E-state index contributed by atoms with van der Waals surface area (Å²) in [6, 6.07) is 7.10. The van der Waals surface area contributed by atoms with E-state index < -0.39 is 5.97 Å². The Morgan fingerprint density at radius 2 is 1.91 bits per heavy atom. The number of carbonyl (C=O) groups excluding carboxylic acids is 1. The Morgan fingerprint density at radius 1 is 1.27 bits per heavy atom. The molecule has 0 saturated heterocycles. The Bertz CT molecular complexity index is 658. The third-order valence-corrected chi connectivity index (χ3v) is 3.75. The van der Waals surface area contributed by atoms with E-state index in [-0.39, 0.29) is 12.3 Å². The first-order chi connectivity index (χ1) is 10.6. The Labute approximate surface area is 128 Å². The van der Waals surface area contributed by atoms with Crippen LogP contribution in [0.5, 0.6) is 0 Å². The molecule has 1 aromatic carbocycles. The first-order valence-electron chi connectivity index (χ1n) is 7.32. The van der Waals surface area contributed by atoms with Gasteiger partial charge in [0.2, 0.25) is 0 Å². The van der Waals surface area contributed by atoms with Gasteiger partial charge in [-0.15, -0.1) is 5.10 Å². The molecule has 1 N–H and O–H groups in total.